The third kappa shape index (κ3) is 5.37. The minimum Gasteiger partial charge on any atom is -0.371 e. The fourth-order valence-electron chi connectivity index (χ4n) is 5.69. The van der Waals surface area contributed by atoms with E-state index in [2.05, 4.69) is 27.1 Å². The Labute approximate surface area is 214 Å². The molecular formula is C27H31F3N6O. The lowest BCUT2D eigenvalue weighted by Gasteiger charge is -2.54. The van der Waals surface area contributed by atoms with Gasteiger partial charge in [-0.15, -0.1) is 0 Å². The molecule has 1 spiro atoms. The summed E-state index contributed by atoms with van der Waals surface area (Å²) >= 11 is 0. The number of rotatable bonds is 4. The molecule has 1 N–H and O–H groups in total. The van der Waals surface area contributed by atoms with Gasteiger partial charge in [-0.1, -0.05) is 0 Å². The van der Waals surface area contributed by atoms with Crippen LogP contribution in [0.2, 0.25) is 0 Å². The van der Waals surface area contributed by atoms with Crippen molar-refractivity contribution in [3.8, 4) is 6.07 Å². The fourth-order valence-corrected chi connectivity index (χ4v) is 5.69. The number of alkyl halides is 3. The van der Waals surface area contributed by atoms with E-state index in [1.54, 1.807) is 6.07 Å². The zero-order valence-corrected chi connectivity index (χ0v) is 20.9. The van der Waals surface area contributed by atoms with Crippen molar-refractivity contribution < 1.29 is 18.0 Å². The van der Waals surface area contributed by atoms with E-state index in [4.69, 9.17) is 5.26 Å². The quantitative estimate of drug-likeness (QED) is 0.656. The first-order valence-electron chi connectivity index (χ1n) is 12.7. The highest BCUT2D eigenvalue weighted by Gasteiger charge is 2.44. The highest BCUT2D eigenvalue weighted by molar-refractivity contribution is 5.92. The summed E-state index contributed by atoms with van der Waals surface area (Å²) in [5.41, 5.74) is 0.591. The maximum Gasteiger partial charge on any atom is 0.417 e. The van der Waals surface area contributed by atoms with Gasteiger partial charge in [0.15, 0.2) is 0 Å². The van der Waals surface area contributed by atoms with Crippen molar-refractivity contribution >= 4 is 23.1 Å². The van der Waals surface area contributed by atoms with Crippen LogP contribution in [0.1, 0.15) is 36.8 Å². The summed E-state index contributed by atoms with van der Waals surface area (Å²) in [4.78, 5) is 23.8. The second-order valence-electron chi connectivity index (χ2n) is 10.7. The molecule has 5 rings (SSSR count). The van der Waals surface area contributed by atoms with Crippen LogP contribution in [-0.4, -0.2) is 62.1 Å². The molecule has 1 amide bonds. The second-order valence-corrected chi connectivity index (χ2v) is 10.7. The SMILES string of the molecule is CN1CCC2(CC1)CN(c1ccc(NC(=O)C3CCN(c4ccc(C#N)c(C(F)(F)F)c4)CC3)nc1)C2. The van der Waals surface area contributed by atoms with E-state index in [0.29, 0.717) is 42.9 Å². The molecule has 0 unspecified atom stereocenters. The molecule has 37 heavy (non-hydrogen) atoms. The zero-order valence-electron chi connectivity index (χ0n) is 20.9. The molecule has 0 bridgehead atoms. The number of nitrogens with one attached hydrogen (secondary N) is 1. The van der Waals surface area contributed by atoms with Crippen LogP contribution in [0.5, 0.6) is 0 Å². The molecule has 3 saturated heterocycles. The molecule has 0 aliphatic carbocycles. The number of nitrogens with zero attached hydrogens (tertiary/aromatic N) is 5. The molecule has 3 aliphatic heterocycles. The van der Waals surface area contributed by atoms with Crippen molar-refractivity contribution in [1.82, 2.24) is 9.88 Å². The van der Waals surface area contributed by atoms with E-state index in [0.717, 1.165) is 37.9 Å². The molecule has 196 valence electrons. The number of amides is 1. The monoisotopic (exact) mass is 512 g/mol. The Kier molecular flexibility index (Phi) is 6.75. The van der Waals surface area contributed by atoms with Gasteiger partial charge >= 0.3 is 6.18 Å². The Hall–Kier alpha value is -3.32. The average molecular weight is 513 g/mol. The van der Waals surface area contributed by atoms with Crippen LogP contribution >= 0.6 is 0 Å². The Bertz CT molecular complexity index is 1170. The molecule has 0 saturated carbocycles. The van der Waals surface area contributed by atoms with Gasteiger partial charge in [0.05, 0.1) is 29.1 Å². The van der Waals surface area contributed by atoms with E-state index in [1.807, 2.05) is 23.2 Å². The number of carbonyl (C=O) groups is 1. The van der Waals surface area contributed by atoms with Gasteiger partial charge in [-0.05, 0) is 76.2 Å². The molecule has 3 aliphatic rings. The first-order chi connectivity index (χ1) is 17.7. The smallest absolute Gasteiger partial charge is 0.371 e. The van der Waals surface area contributed by atoms with Crippen molar-refractivity contribution in [2.75, 3.05) is 61.4 Å². The Balaban J connectivity index is 1.12. The van der Waals surface area contributed by atoms with Crippen LogP contribution in [-0.2, 0) is 11.0 Å². The van der Waals surface area contributed by atoms with Crippen LogP contribution in [0.3, 0.4) is 0 Å². The number of anilines is 3. The molecule has 10 heteroatoms. The Morgan fingerprint density at radius 2 is 1.73 bits per heavy atom. The molecule has 7 nitrogen and oxygen atoms in total. The third-order valence-electron chi connectivity index (χ3n) is 8.12. The first kappa shape index (κ1) is 25.3. The predicted octanol–water partition coefficient (Wildman–Crippen LogP) is 4.36. The Morgan fingerprint density at radius 3 is 2.32 bits per heavy atom. The van der Waals surface area contributed by atoms with Crippen LogP contribution in [0, 0.1) is 22.7 Å². The van der Waals surface area contributed by atoms with E-state index < -0.39 is 11.7 Å². The summed E-state index contributed by atoms with van der Waals surface area (Å²) in [7, 11) is 2.17. The minimum absolute atomic E-state index is 0.120. The molecule has 0 radical (unpaired) electrons. The number of carbonyl (C=O) groups excluding carboxylic acids is 1. The van der Waals surface area contributed by atoms with Gasteiger partial charge in [-0.3, -0.25) is 4.79 Å². The fraction of sp³-hybridized carbons (Fsp3) is 0.519. The molecule has 0 atom stereocenters. The van der Waals surface area contributed by atoms with Gasteiger partial charge in [0.2, 0.25) is 5.91 Å². The van der Waals surface area contributed by atoms with Crippen LogP contribution < -0.4 is 15.1 Å². The van der Waals surface area contributed by atoms with E-state index in [9.17, 15) is 18.0 Å². The zero-order chi connectivity index (χ0) is 26.2. The molecule has 1 aromatic heterocycles. The number of benzene rings is 1. The van der Waals surface area contributed by atoms with E-state index in [-0.39, 0.29) is 17.4 Å². The highest BCUT2D eigenvalue weighted by atomic mass is 19.4. The van der Waals surface area contributed by atoms with Crippen molar-refractivity contribution in [1.29, 1.82) is 5.26 Å². The largest absolute Gasteiger partial charge is 0.417 e. The van der Waals surface area contributed by atoms with Crippen molar-refractivity contribution in [3.63, 3.8) is 0 Å². The molecule has 3 fully saturated rings. The third-order valence-corrected chi connectivity index (χ3v) is 8.12. The standard InChI is InChI=1S/C27H31F3N6O/c1-34-12-8-26(9-13-34)17-36(18-26)22-4-5-24(32-16-22)33-25(37)19-6-10-35(11-7-19)21-3-2-20(15-31)23(14-21)27(28,29)30/h2-5,14,16,19H,6-13,17-18H2,1H3,(H,32,33,37). The number of hydrogen-bond acceptors (Lipinski definition) is 6. The van der Waals surface area contributed by atoms with Gasteiger partial charge in [0, 0.05) is 43.2 Å². The average Bonchev–Trinajstić information content (AvgIpc) is 2.88. The number of aromatic nitrogens is 1. The number of nitriles is 1. The number of hydrogen-bond donors (Lipinski definition) is 1. The molecule has 2 aromatic rings. The summed E-state index contributed by atoms with van der Waals surface area (Å²) in [6, 6.07) is 9.20. The van der Waals surface area contributed by atoms with Crippen LogP contribution in [0.25, 0.3) is 0 Å². The molecule has 1 aromatic carbocycles. The minimum atomic E-state index is -4.59. The maximum atomic E-state index is 13.3. The number of pyridine rings is 1. The summed E-state index contributed by atoms with van der Waals surface area (Å²) in [6.07, 6.45) is 0.728. The van der Waals surface area contributed by atoms with Crippen molar-refractivity contribution in [2.45, 2.75) is 31.9 Å². The van der Waals surface area contributed by atoms with E-state index in [1.165, 1.54) is 25.0 Å². The Morgan fingerprint density at radius 1 is 1.05 bits per heavy atom. The van der Waals surface area contributed by atoms with Crippen LogP contribution in [0.4, 0.5) is 30.4 Å². The first-order valence-corrected chi connectivity index (χ1v) is 12.7. The summed E-state index contributed by atoms with van der Waals surface area (Å²) in [5.74, 6) is 0.149. The van der Waals surface area contributed by atoms with Gasteiger partial charge in [-0.2, -0.15) is 18.4 Å². The molecule has 4 heterocycles. The normalized spacial score (nSPS) is 20.4. The molecular weight excluding hydrogens is 481 g/mol. The van der Waals surface area contributed by atoms with Gasteiger partial charge in [0.1, 0.15) is 5.82 Å². The van der Waals surface area contributed by atoms with Gasteiger partial charge in [-0.25, -0.2) is 4.98 Å². The summed E-state index contributed by atoms with van der Waals surface area (Å²) in [5, 5.41) is 11.9. The summed E-state index contributed by atoms with van der Waals surface area (Å²) in [6.45, 7) is 5.32. The lowest BCUT2D eigenvalue weighted by molar-refractivity contribution is -0.137. The number of likely N-dealkylation sites (tertiary alicyclic amines) is 1. The van der Waals surface area contributed by atoms with Gasteiger partial charge < -0.3 is 20.0 Å². The van der Waals surface area contributed by atoms with Crippen LogP contribution in [0.15, 0.2) is 36.5 Å². The summed E-state index contributed by atoms with van der Waals surface area (Å²) < 4.78 is 39.9. The number of piperidine rings is 2. The van der Waals surface area contributed by atoms with Crippen molar-refractivity contribution in [2.24, 2.45) is 11.3 Å². The topological polar surface area (TPSA) is 75.5 Å². The number of halogens is 3. The van der Waals surface area contributed by atoms with E-state index >= 15 is 0 Å². The second kappa shape index (κ2) is 9.86. The predicted molar refractivity (Wildman–Crippen MR) is 135 cm³/mol. The van der Waals surface area contributed by atoms with Gasteiger partial charge in [0.25, 0.3) is 0 Å². The lowest BCUT2D eigenvalue weighted by Crippen LogP contribution is -2.60. The maximum absolute atomic E-state index is 13.3. The lowest BCUT2D eigenvalue weighted by atomic mass is 9.72. The van der Waals surface area contributed by atoms with Crippen molar-refractivity contribution in [3.05, 3.63) is 47.7 Å². The highest BCUT2D eigenvalue weighted by Crippen LogP contribution is 2.42.